The highest BCUT2D eigenvalue weighted by atomic mass is 79.9. The molecule has 2 amide bonds. The summed E-state index contributed by atoms with van der Waals surface area (Å²) in [6.07, 6.45) is 1.48. The first-order chi connectivity index (χ1) is 17.8. The SMILES string of the molecule is CCOc1cccc(N2C(=O)/C(=C\c3cc(Br)c(OCc4ccccc4Cl)c(OC)c3)C(=O)NC2=S)c1. The van der Waals surface area contributed by atoms with Gasteiger partial charge in [-0.15, -0.1) is 0 Å². The van der Waals surface area contributed by atoms with Crippen molar-refractivity contribution in [3.8, 4) is 17.2 Å². The molecule has 0 bridgehead atoms. The van der Waals surface area contributed by atoms with E-state index in [2.05, 4.69) is 21.2 Å². The van der Waals surface area contributed by atoms with Crippen molar-refractivity contribution in [2.75, 3.05) is 18.6 Å². The Morgan fingerprint density at radius 2 is 1.86 bits per heavy atom. The molecule has 37 heavy (non-hydrogen) atoms. The summed E-state index contributed by atoms with van der Waals surface area (Å²) in [7, 11) is 1.51. The van der Waals surface area contributed by atoms with E-state index in [1.165, 1.54) is 18.1 Å². The fourth-order valence-electron chi connectivity index (χ4n) is 3.67. The molecule has 10 heteroatoms. The molecule has 1 N–H and O–H groups in total. The van der Waals surface area contributed by atoms with Crippen LogP contribution in [0, 0.1) is 0 Å². The Kier molecular flexibility index (Phi) is 8.48. The lowest BCUT2D eigenvalue weighted by atomic mass is 10.1. The zero-order valence-electron chi connectivity index (χ0n) is 19.9. The van der Waals surface area contributed by atoms with Gasteiger partial charge < -0.3 is 14.2 Å². The average molecular weight is 602 g/mol. The first kappa shape index (κ1) is 26.7. The standard InChI is InChI=1S/C27H22BrClN2O5S/c1-3-35-19-9-6-8-18(14-19)31-26(33)20(25(32)30-27(31)37)11-16-12-21(28)24(23(13-16)34-2)36-15-17-7-4-5-10-22(17)29/h4-14H,3,15H2,1-2H3,(H,30,32,37)/b20-11-. The van der Waals surface area contributed by atoms with E-state index in [-0.39, 0.29) is 17.3 Å². The predicted molar refractivity (Wildman–Crippen MR) is 150 cm³/mol. The lowest BCUT2D eigenvalue weighted by molar-refractivity contribution is -0.122. The summed E-state index contributed by atoms with van der Waals surface area (Å²) >= 11 is 15.0. The molecule has 1 saturated heterocycles. The second-order valence-electron chi connectivity index (χ2n) is 7.80. The molecule has 0 atom stereocenters. The summed E-state index contributed by atoms with van der Waals surface area (Å²) in [4.78, 5) is 27.4. The van der Waals surface area contributed by atoms with Gasteiger partial charge >= 0.3 is 0 Å². The summed E-state index contributed by atoms with van der Waals surface area (Å²) in [5, 5.41) is 3.17. The number of thiocarbonyl (C=S) groups is 1. The Morgan fingerprint density at radius 3 is 2.59 bits per heavy atom. The molecule has 0 saturated carbocycles. The Labute approximate surface area is 233 Å². The molecule has 190 valence electrons. The van der Waals surface area contributed by atoms with Crippen LogP contribution < -0.4 is 24.4 Å². The number of amides is 2. The van der Waals surface area contributed by atoms with Gasteiger partial charge in [0.1, 0.15) is 17.9 Å². The van der Waals surface area contributed by atoms with Crippen molar-refractivity contribution in [3.63, 3.8) is 0 Å². The number of nitrogens with one attached hydrogen (secondary N) is 1. The third-order valence-electron chi connectivity index (χ3n) is 5.38. The predicted octanol–water partition coefficient (Wildman–Crippen LogP) is 5.92. The number of ether oxygens (including phenoxy) is 3. The highest BCUT2D eigenvalue weighted by Gasteiger charge is 2.34. The minimum atomic E-state index is -0.596. The van der Waals surface area contributed by atoms with E-state index >= 15 is 0 Å². The van der Waals surface area contributed by atoms with Crippen LogP contribution in [0.25, 0.3) is 6.08 Å². The molecule has 1 aliphatic heterocycles. The largest absolute Gasteiger partial charge is 0.494 e. The molecule has 1 fully saturated rings. The maximum absolute atomic E-state index is 13.4. The fraction of sp³-hybridized carbons (Fsp3) is 0.148. The monoisotopic (exact) mass is 600 g/mol. The van der Waals surface area contributed by atoms with E-state index in [0.29, 0.717) is 44.6 Å². The Bertz CT molecular complexity index is 1410. The topological polar surface area (TPSA) is 77.1 Å². The minimum Gasteiger partial charge on any atom is -0.494 e. The van der Waals surface area contributed by atoms with Gasteiger partial charge in [-0.3, -0.25) is 19.8 Å². The van der Waals surface area contributed by atoms with E-state index < -0.39 is 11.8 Å². The van der Waals surface area contributed by atoms with Crippen molar-refractivity contribution in [1.29, 1.82) is 0 Å². The molecule has 0 unspecified atom stereocenters. The Hall–Kier alpha value is -3.40. The average Bonchev–Trinajstić information content (AvgIpc) is 2.87. The van der Waals surface area contributed by atoms with Crippen LogP contribution in [0.5, 0.6) is 17.2 Å². The normalized spacial score (nSPS) is 14.5. The molecule has 4 rings (SSSR count). The van der Waals surface area contributed by atoms with Crippen molar-refractivity contribution in [1.82, 2.24) is 5.32 Å². The number of methoxy groups -OCH3 is 1. The third-order valence-corrected chi connectivity index (χ3v) is 6.62. The Morgan fingerprint density at radius 1 is 1.08 bits per heavy atom. The van der Waals surface area contributed by atoms with Crippen LogP contribution in [0.4, 0.5) is 5.69 Å². The van der Waals surface area contributed by atoms with Crippen molar-refractivity contribution < 1.29 is 23.8 Å². The van der Waals surface area contributed by atoms with Crippen molar-refractivity contribution in [2.24, 2.45) is 0 Å². The second-order valence-corrected chi connectivity index (χ2v) is 9.45. The van der Waals surface area contributed by atoms with E-state index in [1.807, 2.05) is 25.1 Å². The molecular formula is C27H22BrClN2O5S. The van der Waals surface area contributed by atoms with Crippen molar-refractivity contribution >= 4 is 68.4 Å². The van der Waals surface area contributed by atoms with Gasteiger partial charge in [-0.2, -0.15) is 0 Å². The number of carbonyl (C=O) groups excluding carboxylic acids is 2. The first-order valence-electron chi connectivity index (χ1n) is 11.2. The number of anilines is 1. The lowest BCUT2D eigenvalue weighted by Crippen LogP contribution is -2.54. The molecule has 3 aromatic carbocycles. The van der Waals surface area contributed by atoms with Crippen LogP contribution >= 0.6 is 39.7 Å². The van der Waals surface area contributed by atoms with Gasteiger partial charge in [0, 0.05) is 16.7 Å². The summed E-state index contributed by atoms with van der Waals surface area (Å²) < 4.78 is 17.6. The van der Waals surface area contributed by atoms with Gasteiger partial charge in [0.25, 0.3) is 11.8 Å². The van der Waals surface area contributed by atoms with Gasteiger partial charge in [0.2, 0.25) is 0 Å². The number of hydrogen-bond acceptors (Lipinski definition) is 6. The van der Waals surface area contributed by atoms with Gasteiger partial charge in [0.05, 0.1) is 23.9 Å². The molecule has 3 aromatic rings. The number of benzene rings is 3. The molecule has 0 spiro atoms. The zero-order valence-corrected chi connectivity index (χ0v) is 23.1. The lowest BCUT2D eigenvalue weighted by Gasteiger charge is -2.29. The first-order valence-corrected chi connectivity index (χ1v) is 12.8. The number of hydrogen-bond donors (Lipinski definition) is 1. The Balaban J connectivity index is 1.64. The maximum Gasteiger partial charge on any atom is 0.270 e. The van der Waals surface area contributed by atoms with E-state index in [4.69, 9.17) is 38.0 Å². The molecule has 1 aliphatic rings. The minimum absolute atomic E-state index is 0.0112. The number of rotatable bonds is 8. The van der Waals surface area contributed by atoms with Crippen LogP contribution in [0.1, 0.15) is 18.1 Å². The summed E-state index contributed by atoms with van der Waals surface area (Å²) in [6, 6.07) is 17.7. The molecule has 0 aromatic heterocycles. The van der Waals surface area contributed by atoms with Crippen LogP contribution in [0.15, 0.2) is 70.7 Å². The smallest absolute Gasteiger partial charge is 0.270 e. The van der Waals surface area contributed by atoms with Crippen LogP contribution in [0.3, 0.4) is 0 Å². The quantitative estimate of drug-likeness (QED) is 0.196. The van der Waals surface area contributed by atoms with Gasteiger partial charge in [-0.25, -0.2) is 0 Å². The third kappa shape index (κ3) is 5.95. The van der Waals surface area contributed by atoms with E-state index in [1.54, 1.807) is 42.5 Å². The fourth-order valence-corrected chi connectivity index (χ4v) is 4.71. The van der Waals surface area contributed by atoms with Crippen molar-refractivity contribution in [2.45, 2.75) is 13.5 Å². The molecule has 0 aliphatic carbocycles. The molecule has 0 radical (unpaired) electrons. The zero-order chi connectivity index (χ0) is 26.5. The highest BCUT2D eigenvalue weighted by Crippen LogP contribution is 2.38. The number of carbonyl (C=O) groups is 2. The summed E-state index contributed by atoms with van der Waals surface area (Å²) in [5.41, 5.74) is 1.75. The molecule has 1 heterocycles. The van der Waals surface area contributed by atoms with Crippen molar-refractivity contribution in [3.05, 3.63) is 86.9 Å². The highest BCUT2D eigenvalue weighted by molar-refractivity contribution is 9.10. The molecular weight excluding hydrogens is 580 g/mol. The second kappa shape index (κ2) is 11.8. The summed E-state index contributed by atoms with van der Waals surface area (Å²) in [6.45, 7) is 2.56. The van der Waals surface area contributed by atoms with Crippen LogP contribution in [-0.4, -0.2) is 30.6 Å². The van der Waals surface area contributed by atoms with E-state index in [9.17, 15) is 9.59 Å². The van der Waals surface area contributed by atoms with Gasteiger partial charge in [0.15, 0.2) is 16.6 Å². The van der Waals surface area contributed by atoms with Crippen LogP contribution in [0.2, 0.25) is 5.02 Å². The number of nitrogens with zero attached hydrogens (tertiary/aromatic N) is 1. The van der Waals surface area contributed by atoms with Crippen LogP contribution in [-0.2, 0) is 16.2 Å². The number of halogens is 2. The van der Waals surface area contributed by atoms with Gasteiger partial charge in [-0.1, -0.05) is 35.9 Å². The maximum atomic E-state index is 13.4. The molecule has 7 nitrogen and oxygen atoms in total. The van der Waals surface area contributed by atoms with Gasteiger partial charge in [-0.05, 0) is 77.0 Å². The summed E-state index contributed by atoms with van der Waals surface area (Å²) in [5.74, 6) is 0.297. The van der Waals surface area contributed by atoms with E-state index in [0.717, 1.165) is 5.56 Å².